The molecule has 1 N–H and O–H groups in total. The molecule has 2 heterocycles. The standard InChI is InChI=1S/C17H31N3S/c1-7-12(2)15-8-18-16(17(4,5)6)10-20(15)9-14-11-21-13(3)19-14/h11-12,15-16,18H,7-10H2,1-6H3. The zero-order chi connectivity index (χ0) is 15.6. The minimum atomic E-state index is 0.302. The van der Waals surface area contributed by atoms with Crippen LogP contribution in [0.1, 0.15) is 51.7 Å². The average molecular weight is 310 g/mol. The van der Waals surface area contributed by atoms with E-state index in [0.717, 1.165) is 25.6 Å². The molecule has 3 unspecified atom stereocenters. The lowest BCUT2D eigenvalue weighted by Crippen LogP contribution is -2.61. The number of aryl methyl sites for hydroxylation is 1. The normalized spacial score (nSPS) is 26.0. The topological polar surface area (TPSA) is 28.2 Å². The highest BCUT2D eigenvalue weighted by molar-refractivity contribution is 7.09. The van der Waals surface area contributed by atoms with Gasteiger partial charge in [-0.25, -0.2) is 4.98 Å². The summed E-state index contributed by atoms with van der Waals surface area (Å²) in [6, 6.07) is 1.17. The summed E-state index contributed by atoms with van der Waals surface area (Å²) in [5.41, 5.74) is 1.54. The molecule has 0 spiro atoms. The maximum absolute atomic E-state index is 4.67. The molecule has 120 valence electrons. The zero-order valence-electron chi connectivity index (χ0n) is 14.4. The molecule has 0 saturated carbocycles. The van der Waals surface area contributed by atoms with Gasteiger partial charge in [-0.15, -0.1) is 11.3 Å². The van der Waals surface area contributed by atoms with Gasteiger partial charge in [-0.1, -0.05) is 41.0 Å². The Hall–Kier alpha value is -0.450. The second kappa shape index (κ2) is 6.76. The van der Waals surface area contributed by atoms with Crippen molar-refractivity contribution in [1.29, 1.82) is 0 Å². The molecule has 1 aliphatic rings. The van der Waals surface area contributed by atoms with Gasteiger partial charge in [0.25, 0.3) is 0 Å². The molecule has 21 heavy (non-hydrogen) atoms. The van der Waals surface area contributed by atoms with Crippen molar-refractivity contribution < 1.29 is 0 Å². The molecule has 3 nitrogen and oxygen atoms in total. The highest BCUT2D eigenvalue weighted by Crippen LogP contribution is 2.27. The van der Waals surface area contributed by atoms with Crippen molar-refractivity contribution >= 4 is 11.3 Å². The Kier molecular flexibility index (Phi) is 5.44. The fourth-order valence-electron chi connectivity index (χ4n) is 3.11. The molecule has 1 saturated heterocycles. The molecule has 4 heteroatoms. The Morgan fingerprint density at radius 3 is 2.71 bits per heavy atom. The van der Waals surface area contributed by atoms with Crippen LogP contribution in [-0.4, -0.2) is 35.1 Å². The molecular formula is C17H31N3S. The molecule has 0 amide bonds. The number of nitrogens with zero attached hydrogens (tertiary/aromatic N) is 2. The van der Waals surface area contributed by atoms with Crippen LogP contribution in [0.5, 0.6) is 0 Å². The van der Waals surface area contributed by atoms with E-state index < -0.39 is 0 Å². The van der Waals surface area contributed by atoms with E-state index in [1.807, 2.05) is 0 Å². The molecule has 0 radical (unpaired) electrons. The molecule has 1 aromatic rings. The maximum Gasteiger partial charge on any atom is 0.0897 e. The third kappa shape index (κ3) is 4.27. The van der Waals surface area contributed by atoms with Crippen molar-refractivity contribution in [3.63, 3.8) is 0 Å². The van der Waals surface area contributed by atoms with E-state index in [1.54, 1.807) is 11.3 Å². The van der Waals surface area contributed by atoms with E-state index in [-0.39, 0.29) is 0 Å². The Labute approximate surface area is 134 Å². The molecule has 2 rings (SSSR count). The van der Waals surface area contributed by atoms with Gasteiger partial charge in [-0.3, -0.25) is 4.90 Å². The van der Waals surface area contributed by atoms with Crippen molar-refractivity contribution in [3.05, 3.63) is 16.1 Å². The Morgan fingerprint density at radius 1 is 1.48 bits per heavy atom. The van der Waals surface area contributed by atoms with Gasteiger partial charge in [0.05, 0.1) is 10.7 Å². The SMILES string of the molecule is CCC(C)C1CNC(C(C)(C)C)CN1Cc1csc(C)n1. The van der Waals surface area contributed by atoms with Gasteiger partial charge >= 0.3 is 0 Å². The number of hydrogen-bond acceptors (Lipinski definition) is 4. The molecular weight excluding hydrogens is 278 g/mol. The summed E-state index contributed by atoms with van der Waals surface area (Å²) >= 11 is 1.76. The van der Waals surface area contributed by atoms with Crippen molar-refractivity contribution in [1.82, 2.24) is 15.2 Å². The Balaban J connectivity index is 2.12. The number of rotatable bonds is 4. The van der Waals surface area contributed by atoms with Crippen LogP contribution in [0.25, 0.3) is 0 Å². The number of thiazole rings is 1. The lowest BCUT2D eigenvalue weighted by molar-refractivity contribution is 0.0514. The van der Waals surface area contributed by atoms with E-state index in [1.165, 1.54) is 17.1 Å². The van der Waals surface area contributed by atoms with Gasteiger partial charge in [0.1, 0.15) is 0 Å². The van der Waals surface area contributed by atoms with Gasteiger partial charge in [0.15, 0.2) is 0 Å². The minimum absolute atomic E-state index is 0.302. The Bertz CT molecular complexity index is 449. The second-order valence-corrected chi connectivity index (χ2v) is 8.63. The largest absolute Gasteiger partial charge is 0.311 e. The quantitative estimate of drug-likeness (QED) is 0.919. The molecule has 3 atom stereocenters. The minimum Gasteiger partial charge on any atom is -0.311 e. The van der Waals surface area contributed by atoms with Crippen LogP contribution < -0.4 is 5.32 Å². The fraction of sp³-hybridized carbons (Fsp3) is 0.824. The fourth-order valence-corrected chi connectivity index (χ4v) is 3.71. The summed E-state index contributed by atoms with van der Waals surface area (Å²) in [6.07, 6.45) is 1.24. The molecule has 0 bridgehead atoms. The third-order valence-electron chi connectivity index (χ3n) is 4.84. The van der Waals surface area contributed by atoms with Crippen LogP contribution in [0, 0.1) is 18.3 Å². The first kappa shape index (κ1) is 16.9. The predicted molar refractivity (Wildman–Crippen MR) is 91.7 cm³/mol. The van der Waals surface area contributed by atoms with E-state index >= 15 is 0 Å². The summed E-state index contributed by atoms with van der Waals surface area (Å²) in [5, 5.41) is 7.18. The van der Waals surface area contributed by atoms with Crippen LogP contribution >= 0.6 is 11.3 Å². The van der Waals surface area contributed by atoms with Crippen LogP contribution in [0.2, 0.25) is 0 Å². The third-order valence-corrected chi connectivity index (χ3v) is 5.66. The van der Waals surface area contributed by atoms with Crippen LogP contribution in [-0.2, 0) is 6.54 Å². The van der Waals surface area contributed by atoms with Gasteiger partial charge in [0, 0.05) is 37.1 Å². The summed E-state index contributed by atoms with van der Waals surface area (Å²) in [6.45, 7) is 17.0. The van der Waals surface area contributed by atoms with Gasteiger partial charge in [-0.05, 0) is 18.3 Å². The predicted octanol–water partition coefficient (Wildman–Crippen LogP) is 3.69. The first-order valence-corrected chi connectivity index (χ1v) is 9.07. The lowest BCUT2D eigenvalue weighted by atomic mass is 9.83. The summed E-state index contributed by atoms with van der Waals surface area (Å²) in [4.78, 5) is 7.33. The highest BCUT2D eigenvalue weighted by Gasteiger charge is 2.35. The maximum atomic E-state index is 4.67. The van der Waals surface area contributed by atoms with Gasteiger partial charge in [-0.2, -0.15) is 0 Å². The van der Waals surface area contributed by atoms with Gasteiger partial charge < -0.3 is 5.32 Å². The number of piperazine rings is 1. The van der Waals surface area contributed by atoms with E-state index in [4.69, 9.17) is 0 Å². The number of nitrogens with one attached hydrogen (secondary N) is 1. The van der Waals surface area contributed by atoms with Crippen LogP contribution in [0.4, 0.5) is 0 Å². The monoisotopic (exact) mass is 309 g/mol. The molecule has 1 fully saturated rings. The van der Waals surface area contributed by atoms with Crippen LogP contribution in [0.15, 0.2) is 5.38 Å². The van der Waals surface area contributed by atoms with E-state index in [2.05, 4.69) is 62.1 Å². The highest BCUT2D eigenvalue weighted by atomic mass is 32.1. The second-order valence-electron chi connectivity index (χ2n) is 7.57. The van der Waals surface area contributed by atoms with E-state index in [9.17, 15) is 0 Å². The summed E-state index contributed by atoms with van der Waals surface area (Å²) < 4.78 is 0. The molecule has 1 aromatic heterocycles. The van der Waals surface area contributed by atoms with Crippen molar-refractivity contribution in [2.75, 3.05) is 13.1 Å². The van der Waals surface area contributed by atoms with Crippen LogP contribution in [0.3, 0.4) is 0 Å². The number of hydrogen-bond donors (Lipinski definition) is 1. The first-order chi connectivity index (χ1) is 9.81. The molecule has 0 aromatic carbocycles. The van der Waals surface area contributed by atoms with Crippen molar-refractivity contribution in [2.24, 2.45) is 11.3 Å². The Morgan fingerprint density at radius 2 is 2.19 bits per heavy atom. The van der Waals surface area contributed by atoms with E-state index in [0.29, 0.717) is 17.5 Å². The zero-order valence-corrected chi connectivity index (χ0v) is 15.3. The average Bonchev–Trinajstić information content (AvgIpc) is 2.82. The molecule has 0 aliphatic carbocycles. The number of aromatic nitrogens is 1. The molecule has 1 aliphatic heterocycles. The smallest absolute Gasteiger partial charge is 0.0897 e. The summed E-state index contributed by atoms with van der Waals surface area (Å²) in [5.74, 6) is 0.721. The first-order valence-electron chi connectivity index (χ1n) is 8.19. The van der Waals surface area contributed by atoms with Crippen molar-refractivity contribution in [3.8, 4) is 0 Å². The van der Waals surface area contributed by atoms with Crippen molar-refractivity contribution in [2.45, 2.75) is 66.6 Å². The summed E-state index contributed by atoms with van der Waals surface area (Å²) in [7, 11) is 0. The van der Waals surface area contributed by atoms with Gasteiger partial charge in [0.2, 0.25) is 0 Å². The lowest BCUT2D eigenvalue weighted by Gasteiger charge is -2.46.